The maximum atomic E-state index is 12.5. The summed E-state index contributed by atoms with van der Waals surface area (Å²) in [4.78, 5) is 24.8. The van der Waals surface area contributed by atoms with E-state index in [0.717, 1.165) is 5.56 Å². The topological polar surface area (TPSA) is 73.9 Å². The van der Waals surface area contributed by atoms with Crippen LogP contribution in [0, 0.1) is 0 Å². The Morgan fingerprint density at radius 3 is 2.13 bits per heavy atom. The van der Waals surface area contributed by atoms with E-state index in [0.29, 0.717) is 28.4 Å². The van der Waals surface area contributed by atoms with Gasteiger partial charge in [0.25, 0.3) is 5.91 Å². The summed E-state index contributed by atoms with van der Waals surface area (Å²) in [5.41, 5.74) is 1.98. The molecule has 0 aromatic heterocycles. The van der Waals surface area contributed by atoms with Crippen LogP contribution in [0.25, 0.3) is 0 Å². The van der Waals surface area contributed by atoms with Crippen LogP contribution in [0.5, 0.6) is 17.2 Å². The maximum absolute atomic E-state index is 12.5. The number of ether oxygens (including phenoxy) is 3. The molecule has 0 bridgehead atoms. The van der Waals surface area contributed by atoms with Gasteiger partial charge in [0.1, 0.15) is 17.2 Å². The fourth-order valence-electron chi connectivity index (χ4n) is 3.15. The lowest BCUT2D eigenvalue weighted by molar-refractivity contribution is -0.123. The first-order valence-corrected chi connectivity index (χ1v) is 9.85. The van der Waals surface area contributed by atoms with Gasteiger partial charge in [0, 0.05) is 16.7 Å². The standard InChI is InChI=1S/C25H25NO5/c1-17(22-15-21(29-2)13-14-23(22)30-3)26-24(27)16-31-20-11-9-19(10-12-20)25(28)18-7-5-4-6-8-18/h4-15,17H,16H2,1-3H3,(H,26,27)/t17-/m1/s1. The van der Waals surface area contributed by atoms with Gasteiger partial charge in [-0.3, -0.25) is 9.59 Å². The SMILES string of the molecule is COc1ccc(OC)c([C@@H](C)NC(=O)COc2ccc(C(=O)c3ccccc3)cc2)c1. The van der Waals surface area contributed by atoms with Crippen molar-refractivity contribution >= 4 is 11.7 Å². The third kappa shape index (κ3) is 5.63. The van der Waals surface area contributed by atoms with Crippen LogP contribution in [0.15, 0.2) is 72.8 Å². The van der Waals surface area contributed by atoms with Crippen molar-refractivity contribution in [1.82, 2.24) is 5.32 Å². The molecule has 0 fully saturated rings. The molecule has 0 aliphatic rings. The average molecular weight is 419 g/mol. The number of methoxy groups -OCH3 is 2. The minimum Gasteiger partial charge on any atom is -0.497 e. The lowest BCUT2D eigenvalue weighted by atomic mass is 10.0. The lowest BCUT2D eigenvalue weighted by Gasteiger charge is -2.18. The highest BCUT2D eigenvalue weighted by molar-refractivity contribution is 6.08. The first kappa shape index (κ1) is 21.9. The van der Waals surface area contributed by atoms with Crippen molar-refractivity contribution < 1.29 is 23.8 Å². The summed E-state index contributed by atoms with van der Waals surface area (Å²) in [5, 5.41) is 2.89. The molecule has 160 valence electrons. The molecule has 6 nitrogen and oxygen atoms in total. The third-order valence-electron chi connectivity index (χ3n) is 4.80. The first-order valence-electron chi connectivity index (χ1n) is 9.85. The van der Waals surface area contributed by atoms with Crippen molar-refractivity contribution in [3.05, 3.63) is 89.5 Å². The summed E-state index contributed by atoms with van der Waals surface area (Å²) >= 11 is 0. The molecule has 1 amide bonds. The largest absolute Gasteiger partial charge is 0.497 e. The highest BCUT2D eigenvalue weighted by atomic mass is 16.5. The van der Waals surface area contributed by atoms with Gasteiger partial charge in [-0.25, -0.2) is 0 Å². The Labute approximate surface area is 181 Å². The number of hydrogen-bond acceptors (Lipinski definition) is 5. The van der Waals surface area contributed by atoms with Gasteiger partial charge in [-0.05, 0) is 49.4 Å². The minimum absolute atomic E-state index is 0.0639. The Balaban J connectivity index is 1.57. The van der Waals surface area contributed by atoms with E-state index in [1.165, 1.54) is 0 Å². The second-order valence-corrected chi connectivity index (χ2v) is 6.91. The first-order chi connectivity index (χ1) is 15.0. The molecule has 6 heteroatoms. The molecule has 0 saturated heterocycles. The Morgan fingerprint density at radius 2 is 1.48 bits per heavy atom. The third-order valence-corrected chi connectivity index (χ3v) is 4.80. The molecule has 0 aliphatic carbocycles. The van der Waals surface area contributed by atoms with Crippen molar-refractivity contribution in [2.75, 3.05) is 20.8 Å². The molecule has 0 unspecified atom stereocenters. The molecular formula is C25H25NO5. The summed E-state index contributed by atoms with van der Waals surface area (Å²) in [6.07, 6.45) is 0. The highest BCUT2D eigenvalue weighted by Gasteiger charge is 2.16. The molecule has 0 saturated carbocycles. The minimum atomic E-state index is -0.299. The predicted molar refractivity (Wildman–Crippen MR) is 118 cm³/mol. The number of amides is 1. The van der Waals surface area contributed by atoms with Crippen LogP contribution in [0.1, 0.15) is 34.5 Å². The highest BCUT2D eigenvalue weighted by Crippen LogP contribution is 2.29. The zero-order chi connectivity index (χ0) is 22.2. The van der Waals surface area contributed by atoms with E-state index in [1.54, 1.807) is 62.8 Å². The number of hydrogen-bond donors (Lipinski definition) is 1. The monoisotopic (exact) mass is 419 g/mol. The van der Waals surface area contributed by atoms with Crippen molar-refractivity contribution in [3.63, 3.8) is 0 Å². The van der Waals surface area contributed by atoms with E-state index >= 15 is 0 Å². The van der Waals surface area contributed by atoms with E-state index in [2.05, 4.69) is 5.32 Å². The van der Waals surface area contributed by atoms with Crippen LogP contribution >= 0.6 is 0 Å². The Kier molecular flexibility index (Phi) is 7.27. The van der Waals surface area contributed by atoms with Crippen molar-refractivity contribution in [1.29, 1.82) is 0 Å². The van der Waals surface area contributed by atoms with E-state index < -0.39 is 0 Å². The molecule has 1 N–H and O–H groups in total. The predicted octanol–water partition coefficient (Wildman–Crippen LogP) is 4.19. The molecule has 3 aromatic carbocycles. The normalized spacial score (nSPS) is 11.3. The van der Waals surface area contributed by atoms with E-state index in [-0.39, 0.29) is 24.3 Å². The number of carbonyl (C=O) groups excluding carboxylic acids is 2. The Morgan fingerprint density at radius 1 is 0.839 bits per heavy atom. The second kappa shape index (κ2) is 10.3. The zero-order valence-corrected chi connectivity index (χ0v) is 17.8. The number of rotatable bonds is 9. The van der Waals surface area contributed by atoms with E-state index in [4.69, 9.17) is 14.2 Å². The lowest BCUT2D eigenvalue weighted by Crippen LogP contribution is -2.31. The van der Waals surface area contributed by atoms with Crippen molar-refractivity contribution in [3.8, 4) is 17.2 Å². The molecule has 0 radical (unpaired) electrons. The molecule has 3 rings (SSSR count). The van der Waals surface area contributed by atoms with Crippen molar-refractivity contribution in [2.45, 2.75) is 13.0 Å². The van der Waals surface area contributed by atoms with E-state index in [9.17, 15) is 9.59 Å². The van der Waals surface area contributed by atoms with Crippen molar-refractivity contribution in [2.24, 2.45) is 0 Å². The zero-order valence-electron chi connectivity index (χ0n) is 17.8. The molecule has 3 aromatic rings. The van der Waals surface area contributed by atoms with Crippen LogP contribution in [-0.4, -0.2) is 32.5 Å². The van der Waals surface area contributed by atoms with E-state index in [1.807, 2.05) is 31.2 Å². The van der Waals surface area contributed by atoms with Gasteiger partial charge in [-0.2, -0.15) is 0 Å². The molecule has 31 heavy (non-hydrogen) atoms. The summed E-state index contributed by atoms with van der Waals surface area (Å²) in [7, 11) is 3.16. The maximum Gasteiger partial charge on any atom is 0.258 e. The fraction of sp³-hybridized carbons (Fsp3) is 0.200. The van der Waals surface area contributed by atoms with Crippen LogP contribution in [-0.2, 0) is 4.79 Å². The molecule has 0 aliphatic heterocycles. The second-order valence-electron chi connectivity index (χ2n) is 6.91. The fourth-order valence-corrected chi connectivity index (χ4v) is 3.15. The summed E-state index contributed by atoms with van der Waals surface area (Å²) in [6, 6.07) is 20.9. The molecular weight excluding hydrogens is 394 g/mol. The summed E-state index contributed by atoms with van der Waals surface area (Å²) in [6.45, 7) is 1.71. The van der Waals surface area contributed by atoms with Gasteiger partial charge in [0.2, 0.25) is 0 Å². The smallest absolute Gasteiger partial charge is 0.258 e. The van der Waals surface area contributed by atoms with Gasteiger partial charge in [-0.1, -0.05) is 30.3 Å². The Hall–Kier alpha value is -3.80. The Bertz CT molecular complexity index is 1030. The van der Waals surface area contributed by atoms with Crippen LogP contribution < -0.4 is 19.5 Å². The number of carbonyl (C=O) groups is 2. The average Bonchev–Trinajstić information content (AvgIpc) is 2.82. The van der Waals surface area contributed by atoms with Gasteiger partial charge < -0.3 is 19.5 Å². The van der Waals surface area contributed by atoms with Crippen LogP contribution in [0.4, 0.5) is 0 Å². The summed E-state index contributed by atoms with van der Waals surface area (Å²) < 4.78 is 16.2. The molecule has 0 spiro atoms. The van der Waals surface area contributed by atoms with Gasteiger partial charge in [0.15, 0.2) is 12.4 Å². The number of ketones is 1. The number of benzene rings is 3. The molecule has 1 atom stereocenters. The van der Waals surface area contributed by atoms with Crippen LogP contribution in [0.2, 0.25) is 0 Å². The molecule has 0 heterocycles. The van der Waals surface area contributed by atoms with Crippen LogP contribution in [0.3, 0.4) is 0 Å². The van der Waals surface area contributed by atoms with Gasteiger partial charge >= 0.3 is 0 Å². The summed E-state index contributed by atoms with van der Waals surface area (Å²) in [5.74, 6) is 1.51. The quantitative estimate of drug-likeness (QED) is 0.527. The van der Waals surface area contributed by atoms with Gasteiger partial charge in [-0.15, -0.1) is 0 Å². The number of nitrogens with one attached hydrogen (secondary N) is 1. The van der Waals surface area contributed by atoms with Gasteiger partial charge in [0.05, 0.1) is 20.3 Å².